The Kier molecular flexibility index (Phi) is 3.10. The molecule has 0 bridgehead atoms. The van der Waals surface area contributed by atoms with Gasteiger partial charge in [-0.25, -0.2) is 4.39 Å². The average molecular weight is 299 g/mol. The summed E-state index contributed by atoms with van der Waals surface area (Å²) < 4.78 is 14.0. The third-order valence-electron chi connectivity index (χ3n) is 2.08. The van der Waals surface area contributed by atoms with Gasteiger partial charge in [-0.2, -0.15) is 5.10 Å². The Balaban J connectivity index is 2.22. The number of carbonyl (C=O) groups excluding carboxylic acids is 1. The lowest BCUT2D eigenvalue weighted by Crippen LogP contribution is -2.15. The van der Waals surface area contributed by atoms with Crippen LogP contribution in [0.15, 0.2) is 28.9 Å². The average Bonchev–Trinajstić information content (AvgIpc) is 2.68. The topological polar surface area (TPSA) is 83.8 Å². The van der Waals surface area contributed by atoms with E-state index in [1.807, 2.05) is 0 Å². The number of halogens is 2. The third kappa shape index (κ3) is 2.44. The zero-order valence-corrected chi connectivity index (χ0v) is 10.1. The Bertz CT molecular complexity index is 569. The molecule has 0 aliphatic carbocycles. The van der Waals surface area contributed by atoms with Crippen molar-refractivity contribution in [2.24, 2.45) is 0 Å². The quantitative estimate of drug-likeness (QED) is 0.794. The van der Waals surface area contributed by atoms with Gasteiger partial charge in [0, 0.05) is 4.47 Å². The summed E-state index contributed by atoms with van der Waals surface area (Å²) in [6.07, 6.45) is 1.31. The van der Waals surface area contributed by atoms with Crippen LogP contribution in [0.25, 0.3) is 0 Å². The summed E-state index contributed by atoms with van der Waals surface area (Å²) in [6, 6.07) is 4.32. The van der Waals surface area contributed by atoms with E-state index < -0.39 is 11.7 Å². The molecule has 0 aliphatic rings. The van der Waals surface area contributed by atoms with Crippen molar-refractivity contribution in [3.05, 3.63) is 40.4 Å². The molecule has 0 spiro atoms. The van der Waals surface area contributed by atoms with E-state index in [1.54, 1.807) is 6.07 Å². The number of aromatic amines is 1. The maximum atomic E-state index is 13.5. The molecule has 0 saturated heterocycles. The maximum Gasteiger partial charge on any atom is 0.275 e. The highest BCUT2D eigenvalue weighted by Gasteiger charge is 2.13. The van der Waals surface area contributed by atoms with Crippen LogP contribution in [0.2, 0.25) is 0 Å². The highest BCUT2D eigenvalue weighted by atomic mass is 79.9. The van der Waals surface area contributed by atoms with Crippen LogP contribution < -0.4 is 11.1 Å². The van der Waals surface area contributed by atoms with Crippen molar-refractivity contribution in [2.75, 3.05) is 11.1 Å². The summed E-state index contributed by atoms with van der Waals surface area (Å²) >= 11 is 3.12. The number of H-pyrrole nitrogens is 1. The fourth-order valence-corrected chi connectivity index (χ4v) is 1.59. The molecule has 0 radical (unpaired) electrons. The lowest BCUT2D eigenvalue weighted by atomic mass is 10.3. The summed E-state index contributed by atoms with van der Waals surface area (Å²) in [7, 11) is 0. The molecule has 7 heteroatoms. The van der Waals surface area contributed by atoms with Gasteiger partial charge in [-0.1, -0.05) is 15.9 Å². The van der Waals surface area contributed by atoms with E-state index in [2.05, 4.69) is 31.4 Å². The van der Waals surface area contributed by atoms with Crippen molar-refractivity contribution < 1.29 is 9.18 Å². The number of anilines is 2. The molecule has 17 heavy (non-hydrogen) atoms. The Hall–Kier alpha value is -1.89. The van der Waals surface area contributed by atoms with E-state index in [1.165, 1.54) is 18.3 Å². The predicted molar refractivity (Wildman–Crippen MR) is 65.1 cm³/mol. The second kappa shape index (κ2) is 4.54. The summed E-state index contributed by atoms with van der Waals surface area (Å²) in [5, 5.41) is 8.44. The van der Waals surface area contributed by atoms with E-state index in [-0.39, 0.29) is 17.1 Å². The van der Waals surface area contributed by atoms with Crippen LogP contribution in [-0.4, -0.2) is 16.1 Å². The van der Waals surface area contributed by atoms with Crippen molar-refractivity contribution in [2.45, 2.75) is 0 Å². The minimum atomic E-state index is -0.541. The Morgan fingerprint density at radius 3 is 2.88 bits per heavy atom. The first-order valence-corrected chi connectivity index (χ1v) is 5.42. The van der Waals surface area contributed by atoms with Crippen LogP contribution in [0.3, 0.4) is 0 Å². The van der Waals surface area contributed by atoms with Crippen molar-refractivity contribution in [1.82, 2.24) is 10.2 Å². The van der Waals surface area contributed by atoms with E-state index in [9.17, 15) is 9.18 Å². The molecule has 0 saturated carbocycles. The first-order valence-electron chi connectivity index (χ1n) is 4.63. The van der Waals surface area contributed by atoms with E-state index in [0.29, 0.717) is 4.47 Å². The largest absolute Gasteiger partial charge is 0.396 e. The first-order chi connectivity index (χ1) is 8.08. The van der Waals surface area contributed by atoms with Gasteiger partial charge >= 0.3 is 0 Å². The molecule has 0 unspecified atom stereocenters. The number of nitrogens with zero attached hydrogens (tertiary/aromatic N) is 1. The molecule has 0 atom stereocenters. The minimum absolute atomic E-state index is 0.0761. The van der Waals surface area contributed by atoms with Gasteiger partial charge in [0.15, 0.2) is 0 Å². The summed E-state index contributed by atoms with van der Waals surface area (Å²) in [5.74, 6) is -1.08. The van der Waals surface area contributed by atoms with Gasteiger partial charge in [0.05, 0.1) is 17.6 Å². The van der Waals surface area contributed by atoms with Crippen LogP contribution in [0.1, 0.15) is 10.5 Å². The number of nitrogens with one attached hydrogen (secondary N) is 2. The number of rotatable bonds is 2. The Morgan fingerprint density at radius 1 is 1.53 bits per heavy atom. The van der Waals surface area contributed by atoms with Crippen LogP contribution in [0, 0.1) is 5.82 Å². The molecule has 0 aliphatic heterocycles. The van der Waals surface area contributed by atoms with Gasteiger partial charge in [-0.15, -0.1) is 0 Å². The molecule has 1 amide bonds. The number of hydrogen-bond acceptors (Lipinski definition) is 3. The molecule has 4 N–H and O–H groups in total. The highest BCUT2D eigenvalue weighted by molar-refractivity contribution is 9.10. The zero-order chi connectivity index (χ0) is 12.4. The summed E-state index contributed by atoms with van der Waals surface area (Å²) in [5.41, 5.74) is 5.89. The highest BCUT2D eigenvalue weighted by Crippen LogP contribution is 2.20. The number of aromatic nitrogens is 2. The van der Waals surface area contributed by atoms with Crippen LogP contribution in [-0.2, 0) is 0 Å². The molecule has 1 aromatic carbocycles. The second-order valence-corrected chi connectivity index (χ2v) is 4.19. The van der Waals surface area contributed by atoms with Gasteiger partial charge < -0.3 is 11.1 Å². The van der Waals surface area contributed by atoms with E-state index in [4.69, 9.17) is 5.73 Å². The monoisotopic (exact) mass is 298 g/mol. The van der Waals surface area contributed by atoms with Crippen LogP contribution >= 0.6 is 15.9 Å². The predicted octanol–water partition coefficient (Wildman–Crippen LogP) is 2.15. The number of nitrogen functional groups attached to an aromatic ring is 1. The van der Waals surface area contributed by atoms with Crippen molar-refractivity contribution in [1.29, 1.82) is 0 Å². The molecule has 2 rings (SSSR count). The normalized spacial score (nSPS) is 10.2. The van der Waals surface area contributed by atoms with Gasteiger partial charge in [0.2, 0.25) is 0 Å². The molecule has 2 aromatic rings. The molecular formula is C10H8BrFN4O. The van der Waals surface area contributed by atoms with Crippen molar-refractivity contribution in [3.8, 4) is 0 Å². The fraction of sp³-hybridized carbons (Fsp3) is 0. The fourth-order valence-electron chi connectivity index (χ4n) is 1.25. The van der Waals surface area contributed by atoms with E-state index in [0.717, 1.165) is 0 Å². The molecular weight excluding hydrogens is 291 g/mol. The second-order valence-electron chi connectivity index (χ2n) is 3.28. The van der Waals surface area contributed by atoms with Crippen LogP contribution in [0.5, 0.6) is 0 Å². The zero-order valence-electron chi connectivity index (χ0n) is 8.50. The third-order valence-corrected chi connectivity index (χ3v) is 2.57. The molecule has 5 nitrogen and oxygen atoms in total. The first kappa shape index (κ1) is 11.6. The lowest BCUT2D eigenvalue weighted by Gasteiger charge is -2.05. The van der Waals surface area contributed by atoms with E-state index >= 15 is 0 Å². The number of hydrogen-bond donors (Lipinski definition) is 3. The van der Waals surface area contributed by atoms with Crippen LogP contribution in [0.4, 0.5) is 15.8 Å². The van der Waals surface area contributed by atoms with Crippen molar-refractivity contribution >= 4 is 33.2 Å². The Morgan fingerprint density at radius 2 is 2.29 bits per heavy atom. The maximum absolute atomic E-state index is 13.5. The summed E-state index contributed by atoms with van der Waals surface area (Å²) in [4.78, 5) is 11.7. The number of benzene rings is 1. The standard InChI is InChI=1S/C10H8BrFN4O/c11-5-1-2-8(6(12)3-5)15-10(17)9-7(13)4-14-16-9/h1-4H,13H2,(H,14,16)(H,15,17). The van der Waals surface area contributed by atoms with Crippen molar-refractivity contribution in [3.63, 3.8) is 0 Å². The number of carbonyl (C=O) groups is 1. The minimum Gasteiger partial charge on any atom is -0.396 e. The molecule has 88 valence electrons. The molecule has 1 aromatic heterocycles. The van der Waals surface area contributed by atoms with Gasteiger partial charge in [-0.05, 0) is 18.2 Å². The smallest absolute Gasteiger partial charge is 0.275 e. The lowest BCUT2D eigenvalue weighted by molar-refractivity contribution is 0.102. The number of nitrogens with two attached hydrogens (primary N) is 1. The van der Waals surface area contributed by atoms with Gasteiger partial charge in [0.25, 0.3) is 5.91 Å². The molecule has 0 fully saturated rings. The number of amides is 1. The Labute approximate surface area is 104 Å². The SMILES string of the molecule is Nc1cn[nH]c1C(=O)Nc1ccc(Br)cc1F. The molecule has 1 heterocycles. The van der Waals surface area contributed by atoms with Gasteiger partial charge in [-0.3, -0.25) is 9.89 Å². The summed E-state index contributed by atoms with van der Waals surface area (Å²) in [6.45, 7) is 0. The van der Waals surface area contributed by atoms with Gasteiger partial charge in [0.1, 0.15) is 11.5 Å².